The first kappa shape index (κ1) is 24.3. The number of hydrogen-bond donors (Lipinski definition) is 1. The molecule has 5 heteroatoms. The van der Waals surface area contributed by atoms with Crippen LogP contribution in [-0.2, 0) is 11.3 Å². The number of anilines is 2. The summed E-state index contributed by atoms with van der Waals surface area (Å²) in [5, 5.41) is 3.05. The van der Waals surface area contributed by atoms with Crippen LogP contribution in [0.15, 0.2) is 48.5 Å². The van der Waals surface area contributed by atoms with Gasteiger partial charge in [0.2, 0.25) is 0 Å². The van der Waals surface area contributed by atoms with Gasteiger partial charge in [0.1, 0.15) is 0 Å². The lowest BCUT2D eigenvalue weighted by atomic mass is 9.96. The van der Waals surface area contributed by atoms with E-state index in [1.165, 1.54) is 50.9 Å². The Morgan fingerprint density at radius 3 is 2.40 bits per heavy atom. The molecule has 3 fully saturated rings. The zero-order valence-electron chi connectivity index (χ0n) is 21.6. The molecule has 2 heterocycles. The predicted octanol–water partition coefficient (Wildman–Crippen LogP) is 5.95. The number of fused-ring (bicyclic) bond motifs is 1. The Bertz CT molecular complexity index is 984. The number of ether oxygens (including phenoxy) is 1. The molecule has 0 bridgehead atoms. The Balaban J connectivity index is 1.14. The maximum absolute atomic E-state index is 12.8. The third-order valence-electron chi connectivity index (χ3n) is 8.22. The molecule has 2 aromatic rings. The Labute approximate surface area is 210 Å². The highest BCUT2D eigenvalue weighted by Gasteiger charge is 2.42. The van der Waals surface area contributed by atoms with Gasteiger partial charge in [-0.2, -0.15) is 0 Å². The second-order valence-electron chi connectivity index (χ2n) is 11.3. The summed E-state index contributed by atoms with van der Waals surface area (Å²) in [6.07, 6.45) is 6.59. The van der Waals surface area contributed by atoms with E-state index in [1.807, 2.05) is 36.4 Å². The van der Waals surface area contributed by atoms with E-state index in [2.05, 4.69) is 48.0 Å². The van der Waals surface area contributed by atoms with E-state index in [9.17, 15) is 4.79 Å². The lowest BCUT2D eigenvalue weighted by Crippen LogP contribution is -2.38. The lowest BCUT2D eigenvalue weighted by Gasteiger charge is -2.30. The van der Waals surface area contributed by atoms with Crippen molar-refractivity contribution >= 4 is 17.3 Å². The van der Waals surface area contributed by atoms with E-state index in [0.29, 0.717) is 30.4 Å². The highest BCUT2D eigenvalue weighted by molar-refractivity contribution is 6.04. The second-order valence-corrected chi connectivity index (χ2v) is 11.3. The van der Waals surface area contributed by atoms with Crippen molar-refractivity contribution in [3.63, 3.8) is 0 Å². The van der Waals surface area contributed by atoms with Gasteiger partial charge in [0.05, 0.1) is 12.7 Å². The molecule has 35 heavy (non-hydrogen) atoms. The Hall–Kier alpha value is -2.37. The number of amides is 1. The molecule has 0 radical (unpaired) electrons. The molecule has 2 aromatic carbocycles. The van der Waals surface area contributed by atoms with Crippen molar-refractivity contribution in [1.82, 2.24) is 4.90 Å². The van der Waals surface area contributed by atoms with Gasteiger partial charge >= 0.3 is 0 Å². The molecular weight excluding hydrogens is 434 g/mol. The zero-order chi connectivity index (χ0) is 24.4. The van der Waals surface area contributed by atoms with Crippen molar-refractivity contribution in [3.05, 3.63) is 59.7 Å². The maximum Gasteiger partial charge on any atom is 0.255 e. The summed E-state index contributed by atoms with van der Waals surface area (Å²) < 4.78 is 5.86. The minimum absolute atomic E-state index is 0.0731. The van der Waals surface area contributed by atoms with Crippen molar-refractivity contribution in [1.29, 1.82) is 0 Å². The summed E-state index contributed by atoms with van der Waals surface area (Å²) >= 11 is 0. The van der Waals surface area contributed by atoms with Crippen molar-refractivity contribution < 1.29 is 9.53 Å². The van der Waals surface area contributed by atoms with E-state index < -0.39 is 0 Å². The molecule has 1 amide bonds. The van der Waals surface area contributed by atoms with Crippen LogP contribution >= 0.6 is 0 Å². The first-order chi connectivity index (χ1) is 17.0. The second kappa shape index (κ2) is 10.7. The fraction of sp³-hybridized carbons (Fsp3) is 0.567. The van der Waals surface area contributed by atoms with Gasteiger partial charge < -0.3 is 15.0 Å². The summed E-state index contributed by atoms with van der Waals surface area (Å²) in [7, 11) is 0. The molecule has 188 valence electrons. The van der Waals surface area contributed by atoms with Crippen LogP contribution in [-0.4, -0.2) is 48.6 Å². The van der Waals surface area contributed by atoms with Crippen molar-refractivity contribution in [3.8, 4) is 0 Å². The van der Waals surface area contributed by atoms with E-state index >= 15 is 0 Å². The minimum Gasteiger partial charge on any atom is -0.374 e. The smallest absolute Gasteiger partial charge is 0.255 e. The van der Waals surface area contributed by atoms with Crippen LogP contribution in [0.1, 0.15) is 68.8 Å². The van der Waals surface area contributed by atoms with Gasteiger partial charge in [-0.1, -0.05) is 26.0 Å². The van der Waals surface area contributed by atoms with E-state index in [1.54, 1.807) is 0 Å². The van der Waals surface area contributed by atoms with Gasteiger partial charge in [-0.25, -0.2) is 0 Å². The number of nitrogens with zero attached hydrogens (tertiary/aromatic N) is 2. The van der Waals surface area contributed by atoms with Crippen molar-refractivity contribution in [2.24, 2.45) is 11.8 Å². The van der Waals surface area contributed by atoms with Crippen molar-refractivity contribution in [2.75, 3.05) is 29.9 Å². The molecule has 1 aliphatic carbocycles. The fourth-order valence-electron chi connectivity index (χ4n) is 5.95. The van der Waals surface area contributed by atoms with Gasteiger partial charge in [0.25, 0.3) is 5.91 Å². The third kappa shape index (κ3) is 5.73. The molecular formula is C30H41N3O2. The van der Waals surface area contributed by atoms with Crippen LogP contribution in [0, 0.1) is 11.8 Å². The van der Waals surface area contributed by atoms with Gasteiger partial charge in [-0.3, -0.25) is 9.69 Å². The topological polar surface area (TPSA) is 44.8 Å². The molecule has 0 aromatic heterocycles. The molecule has 3 aliphatic rings. The quantitative estimate of drug-likeness (QED) is 0.487. The summed E-state index contributed by atoms with van der Waals surface area (Å²) in [4.78, 5) is 18.0. The summed E-state index contributed by atoms with van der Waals surface area (Å²) in [5.41, 5.74) is 3.89. The number of carbonyl (C=O) groups excluding carboxylic acids is 1. The SMILES string of the molecule is CC(C)CC(C)N1C[C@H]2CCN(c3ccc(NC(=O)c4ccc(COC5CCC5)cc4)cc3)[C@H]2C1. The van der Waals surface area contributed by atoms with E-state index in [0.717, 1.165) is 29.6 Å². The fourth-order valence-corrected chi connectivity index (χ4v) is 5.95. The summed E-state index contributed by atoms with van der Waals surface area (Å²) in [5.74, 6) is 1.44. The highest BCUT2D eigenvalue weighted by atomic mass is 16.5. The lowest BCUT2D eigenvalue weighted by molar-refractivity contribution is -0.00866. The monoisotopic (exact) mass is 475 g/mol. The molecule has 5 nitrogen and oxygen atoms in total. The Kier molecular flexibility index (Phi) is 7.45. The first-order valence-electron chi connectivity index (χ1n) is 13.6. The first-order valence-corrected chi connectivity index (χ1v) is 13.6. The van der Waals surface area contributed by atoms with E-state index in [4.69, 9.17) is 4.74 Å². The number of nitrogens with one attached hydrogen (secondary N) is 1. The maximum atomic E-state index is 12.8. The van der Waals surface area contributed by atoms with Gasteiger partial charge in [-0.05, 0) is 92.8 Å². The van der Waals surface area contributed by atoms with Crippen LogP contribution in [0.2, 0.25) is 0 Å². The molecule has 1 saturated carbocycles. The molecule has 5 rings (SSSR count). The Morgan fingerprint density at radius 2 is 1.74 bits per heavy atom. The molecule has 0 spiro atoms. The van der Waals surface area contributed by atoms with Gasteiger partial charge in [0.15, 0.2) is 0 Å². The average molecular weight is 476 g/mol. The van der Waals surface area contributed by atoms with Crippen LogP contribution in [0.3, 0.4) is 0 Å². The van der Waals surface area contributed by atoms with E-state index in [-0.39, 0.29) is 5.91 Å². The van der Waals surface area contributed by atoms with Crippen LogP contribution in [0.4, 0.5) is 11.4 Å². The summed E-state index contributed by atoms with van der Waals surface area (Å²) in [6.45, 7) is 11.2. The van der Waals surface area contributed by atoms with Gasteiger partial charge in [-0.15, -0.1) is 0 Å². The van der Waals surface area contributed by atoms with Crippen LogP contribution in [0.25, 0.3) is 0 Å². The number of likely N-dealkylation sites (tertiary alicyclic amines) is 1. The highest BCUT2D eigenvalue weighted by Crippen LogP contribution is 2.36. The standard InChI is InChI=1S/C30H41N3O2/c1-21(2)17-22(3)32-18-25-15-16-33(29(25)19-32)27-13-11-26(12-14-27)31-30(34)24-9-7-23(8-10-24)20-35-28-5-4-6-28/h7-14,21-22,25,28-29H,4-6,15-20H2,1-3H3,(H,31,34)/t22?,25-,29+/m1/s1. The number of rotatable bonds is 9. The number of carbonyl (C=O) groups is 1. The number of hydrogen-bond acceptors (Lipinski definition) is 4. The largest absolute Gasteiger partial charge is 0.374 e. The predicted molar refractivity (Wildman–Crippen MR) is 143 cm³/mol. The average Bonchev–Trinajstić information content (AvgIpc) is 3.40. The van der Waals surface area contributed by atoms with Crippen LogP contribution < -0.4 is 10.2 Å². The summed E-state index contributed by atoms with van der Waals surface area (Å²) in [6, 6.07) is 17.4. The molecule has 2 saturated heterocycles. The van der Waals surface area contributed by atoms with Crippen molar-refractivity contribution in [2.45, 2.75) is 77.7 Å². The Morgan fingerprint density at radius 1 is 1.00 bits per heavy atom. The minimum atomic E-state index is -0.0731. The number of benzene rings is 2. The molecule has 1 unspecified atom stereocenters. The molecule has 1 N–H and O–H groups in total. The normalized spacial score (nSPS) is 23.4. The van der Waals surface area contributed by atoms with Crippen LogP contribution in [0.5, 0.6) is 0 Å². The third-order valence-corrected chi connectivity index (χ3v) is 8.22. The molecule has 2 aliphatic heterocycles. The zero-order valence-corrected chi connectivity index (χ0v) is 21.6. The molecule has 3 atom stereocenters. The van der Waals surface area contributed by atoms with Gasteiger partial charge in [0, 0.05) is 48.7 Å².